The first kappa shape index (κ1) is 24.3. The van der Waals surface area contributed by atoms with Crippen molar-refractivity contribution in [3.8, 4) is 5.75 Å². The Kier molecular flexibility index (Phi) is 6.79. The maximum absolute atomic E-state index is 13.3. The first-order chi connectivity index (χ1) is 17.9. The zero-order valence-electron chi connectivity index (χ0n) is 19.8. The molecule has 1 aliphatic rings. The quantitative estimate of drug-likeness (QED) is 0.400. The second-order valence-electron chi connectivity index (χ2n) is 8.85. The van der Waals surface area contributed by atoms with Crippen LogP contribution in [0.5, 0.6) is 5.75 Å². The largest absolute Gasteiger partial charge is 0.503 e. The van der Waals surface area contributed by atoms with Gasteiger partial charge in [0.25, 0.3) is 11.8 Å². The number of benzene rings is 3. The Morgan fingerprint density at radius 2 is 1.57 bits per heavy atom. The standard InChI is InChI=1S/C29H24ClN3O4/c30-22-13-7-8-19(16-22)17-33-15-14-32-18-23(26(34)27(35)25(32)29(33)37)28(36)31-24(20-9-3-1-4-10-20)21-11-5-2-6-12-21/h1-13,16,18,24,35H,14-15,17H2,(H,31,36). The SMILES string of the molecule is O=C(NC(c1ccccc1)c1ccccc1)c1cn2c(c(O)c1=O)C(=O)N(Cc1cccc(Cl)c1)CC2. The van der Waals surface area contributed by atoms with Crippen LogP contribution in [0.15, 0.2) is 95.9 Å². The van der Waals surface area contributed by atoms with E-state index in [1.165, 1.54) is 10.8 Å². The molecule has 5 rings (SSSR count). The van der Waals surface area contributed by atoms with Gasteiger partial charge in [0.15, 0.2) is 11.4 Å². The first-order valence-corrected chi connectivity index (χ1v) is 12.2. The summed E-state index contributed by atoms with van der Waals surface area (Å²) in [5, 5.41) is 14.2. The lowest BCUT2D eigenvalue weighted by atomic mass is 9.98. The van der Waals surface area contributed by atoms with E-state index in [-0.39, 0.29) is 17.8 Å². The summed E-state index contributed by atoms with van der Waals surface area (Å²) in [5.74, 6) is -1.86. The molecule has 0 radical (unpaired) electrons. The van der Waals surface area contributed by atoms with Gasteiger partial charge in [-0.2, -0.15) is 0 Å². The molecule has 3 aromatic carbocycles. The minimum Gasteiger partial charge on any atom is -0.503 e. The number of amides is 2. The van der Waals surface area contributed by atoms with Crippen LogP contribution in [0.25, 0.3) is 0 Å². The number of hydrogen-bond donors (Lipinski definition) is 2. The average Bonchev–Trinajstić information content (AvgIpc) is 2.91. The fourth-order valence-electron chi connectivity index (χ4n) is 4.56. The van der Waals surface area contributed by atoms with E-state index in [0.717, 1.165) is 16.7 Å². The van der Waals surface area contributed by atoms with E-state index < -0.39 is 29.0 Å². The Morgan fingerprint density at radius 1 is 0.919 bits per heavy atom. The fourth-order valence-corrected chi connectivity index (χ4v) is 4.77. The molecule has 2 amide bonds. The van der Waals surface area contributed by atoms with Crippen LogP contribution in [-0.2, 0) is 13.1 Å². The highest BCUT2D eigenvalue weighted by Gasteiger charge is 2.31. The zero-order chi connectivity index (χ0) is 25.9. The van der Waals surface area contributed by atoms with Crippen molar-refractivity contribution in [2.45, 2.75) is 19.1 Å². The minimum absolute atomic E-state index is 0.127. The summed E-state index contributed by atoms with van der Waals surface area (Å²) in [6, 6.07) is 25.5. The van der Waals surface area contributed by atoms with Crippen LogP contribution in [0, 0.1) is 0 Å². The van der Waals surface area contributed by atoms with E-state index in [2.05, 4.69) is 5.32 Å². The Balaban J connectivity index is 1.44. The molecule has 1 aliphatic heterocycles. The number of pyridine rings is 1. The lowest BCUT2D eigenvalue weighted by Crippen LogP contribution is -2.42. The summed E-state index contributed by atoms with van der Waals surface area (Å²) >= 11 is 6.06. The van der Waals surface area contributed by atoms with Gasteiger partial charge in [-0.1, -0.05) is 84.4 Å². The lowest BCUT2D eigenvalue weighted by molar-refractivity contribution is 0.0681. The van der Waals surface area contributed by atoms with Crippen molar-refractivity contribution in [1.82, 2.24) is 14.8 Å². The predicted octanol–water partition coefficient (Wildman–Crippen LogP) is 4.38. The number of fused-ring (bicyclic) bond motifs is 1. The molecule has 0 unspecified atom stereocenters. The topological polar surface area (TPSA) is 91.6 Å². The highest BCUT2D eigenvalue weighted by atomic mass is 35.5. The van der Waals surface area contributed by atoms with Gasteiger partial charge >= 0.3 is 0 Å². The molecular formula is C29H24ClN3O4. The summed E-state index contributed by atoms with van der Waals surface area (Å²) in [7, 11) is 0. The van der Waals surface area contributed by atoms with Crippen molar-refractivity contribution in [2.24, 2.45) is 0 Å². The molecular weight excluding hydrogens is 490 g/mol. The van der Waals surface area contributed by atoms with Gasteiger partial charge in [-0.25, -0.2) is 0 Å². The highest BCUT2D eigenvalue weighted by molar-refractivity contribution is 6.30. The molecule has 0 spiro atoms. The van der Waals surface area contributed by atoms with Crippen molar-refractivity contribution in [1.29, 1.82) is 0 Å². The predicted molar refractivity (Wildman–Crippen MR) is 141 cm³/mol. The van der Waals surface area contributed by atoms with Crippen LogP contribution >= 0.6 is 11.6 Å². The molecule has 2 heterocycles. The Hall–Kier alpha value is -4.36. The molecule has 0 atom stereocenters. The van der Waals surface area contributed by atoms with E-state index in [9.17, 15) is 19.5 Å². The van der Waals surface area contributed by atoms with E-state index in [1.54, 1.807) is 23.1 Å². The third-order valence-electron chi connectivity index (χ3n) is 6.41. The monoisotopic (exact) mass is 513 g/mol. The molecule has 7 nitrogen and oxygen atoms in total. The Labute approximate surface area is 218 Å². The number of nitrogens with one attached hydrogen (secondary N) is 1. The van der Waals surface area contributed by atoms with Crippen LogP contribution < -0.4 is 10.7 Å². The second-order valence-corrected chi connectivity index (χ2v) is 9.28. The van der Waals surface area contributed by atoms with Crippen molar-refractivity contribution in [3.05, 3.63) is 134 Å². The summed E-state index contributed by atoms with van der Waals surface area (Å²) in [5.41, 5.74) is 1.28. The molecule has 0 fully saturated rings. The molecule has 2 N–H and O–H groups in total. The van der Waals surface area contributed by atoms with Gasteiger partial charge in [-0.3, -0.25) is 14.4 Å². The summed E-state index contributed by atoms with van der Waals surface area (Å²) < 4.78 is 1.47. The molecule has 8 heteroatoms. The summed E-state index contributed by atoms with van der Waals surface area (Å²) in [6.07, 6.45) is 1.36. The average molecular weight is 514 g/mol. The van der Waals surface area contributed by atoms with E-state index in [1.807, 2.05) is 66.7 Å². The van der Waals surface area contributed by atoms with Gasteiger partial charge in [0.1, 0.15) is 5.56 Å². The summed E-state index contributed by atoms with van der Waals surface area (Å²) in [6.45, 7) is 0.944. The molecule has 4 aromatic rings. The number of carbonyl (C=O) groups excluding carboxylic acids is 2. The van der Waals surface area contributed by atoms with Gasteiger partial charge in [0.05, 0.1) is 6.04 Å². The molecule has 0 bridgehead atoms. The highest BCUT2D eigenvalue weighted by Crippen LogP contribution is 2.25. The fraction of sp³-hybridized carbons (Fsp3) is 0.138. The third kappa shape index (κ3) is 4.99. The molecule has 186 valence electrons. The number of aromatic hydroxyl groups is 1. The molecule has 0 saturated carbocycles. The molecule has 1 aromatic heterocycles. The van der Waals surface area contributed by atoms with Crippen molar-refractivity contribution < 1.29 is 14.7 Å². The Bertz CT molecular complexity index is 1480. The number of halogens is 1. The van der Waals surface area contributed by atoms with E-state index in [0.29, 0.717) is 18.1 Å². The normalized spacial score (nSPS) is 12.9. The second kappa shape index (κ2) is 10.3. The lowest BCUT2D eigenvalue weighted by Gasteiger charge is -2.30. The zero-order valence-corrected chi connectivity index (χ0v) is 20.6. The van der Waals surface area contributed by atoms with Gasteiger partial charge in [-0.15, -0.1) is 0 Å². The van der Waals surface area contributed by atoms with Crippen molar-refractivity contribution in [3.63, 3.8) is 0 Å². The first-order valence-electron chi connectivity index (χ1n) is 11.8. The van der Waals surface area contributed by atoms with Gasteiger partial charge in [-0.05, 0) is 28.8 Å². The number of hydrogen-bond acceptors (Lipinski definition) is 4. The number of rotatable bonds is 6. The number of aromatic nitrogens is 1. The van der Waals surface area contributed by atoms with Crippen LogP contribution in [0.1, 0.15) is 43.6 Å². The summed E-state index contributed by atoms with van der Waals surface area (Å²) in [4.78, 5) is 41.1. The molecule has 37 heavy (non-hydrogen) atoms. The van der Waals surface area contributed by atoms with Gasteiger partial charge in [0, 0.05) is 30.9 Å². The maximum Gasteiger partial charge on any atom is 0.274 e. The van der Waals surface area contributed by atoms with Crippen LogP contribution in [0.2, 0.25) is 5.02 Å². The third-order valence-corrected chi connectivity index (χ3v) is 6.64. The maximum atomic E-state index is 13.3. The van der Waals surface area contributed by atoms with Crippen LogP contribution in [0.3, 0.4) is 0 Å². The van der Waals surface area contributed by atoms with Gasteiger partial charge in [0.2, 0.25) is 5.43 Å². The smallest absolute Gasteiger partial charge is 0.274 e. The minimum atomic E-state index is -0.887. The van der Waals surface area contributed by atoms with E-state index in [4.69, 9.17) is 11.6 Å². The van der Waals surface area contributed by atoms with Gasteiger partial charge < -0.3 is 19.9 Å². The molecule has 0 aliphatic carbocycles. The van der Waals surface area contributed by atoms with Crippen molar-refractivity contribution >= 4 is 23.4 Å². The van der Waals surface area contributed by atoms with E-state index >= 15 is 0 Å². The van der Waals surface area contributed by atoms with Crippen LogP contribution in [-0.4, -0.2) is 32.9 Å². The van der Waals surface area contributed by atoms with Crippen LogP contribution in [0.4, 0.5) is 0 Å². The number of nitrogens with zero attached hydrogens (tertiary/aromatic N) is 2. The number of carbonyl (C=O) groups is 2. The van der Waals surface area contributed by atoms with Crippen molar-refractivity contribution in [2.75, 3.05) is 6.54 Å². The molecule has 0 saturated heterocycles. The Morgan fingerprint density at radius 3 is 2.19 bits per heavy atom.